The molecule has 0 aromatic rings. The van der Waals surface area contributed by atoms with Gasteiger partial charge in [-0.2, -0.15) is 0 Å². The quantitative estimate of drug-likeness (QED) is 0.263. The van der Waals surface area contributed by atoms with Crippen molar-refractivity contribution in [1.29, 1.82) is 0 Å². The van der Waals surface area contributed by atoms with Crippen molar-refractivity contribution in [1.82, 2.24) is 0 Å². The first-order valence-electron chi connectivity index (χ1n) is 0.565. The Labute approximate surface area is 41.6 Å². The van der Waals surface area contributed by atoms with E-state index in [1.807, 2.05) is 0 Å². The first-order valence-corrected chi connectivity index (χ1v) is 1.70. The molecule has 0 rings (SSSR count). The molecule has 0 saturated heterocycles. The number of hydrogen-bond donors (Lipinski definition) is 2. The first kappa shape index (κ1) is 9.06. The second-order valence-corrected chi connectivity index (χ2v) is 0.714. The normalized spacial score (nSPS) is 6.80. The van der Waals surface area contributed by atoms with E-state index >= 15 is 0 Å². The molecular formula is H2CuO3S. The molecule has 0 aliphatic carbocycles. The van der Waals surface area contributed by atoms with Crippen molar-refractivity contribution in [2.45, 2.75) is 0 Å². The molecule has 0 aliphatic heterocycles. The van der Waals surface area contributed by atoms with E-state index in [1.54, 1.807) is 0 Å². The zero-order valence-electron chi connectivity index (χ0n) is 2.01. The topological polar surface area (TPSA) is 54.4 Å². The molecule has 0 aromatic carbocycles. The van der Waals surface area contributed by atoms with Crippen LogP contribution in [-0.2, 0) is 28.1 Å². The van der Waals surface area contributed by atoms with Crippen LogP contribution in [0.15, 0.2) is 0 Å². The fourth-order valence-electron chi connectivity index (χ4n) is 0. The predicted octanol–water partition coefficient (Wildman–Crippen LogP) is -0.932. The van der Waals surface area contributed by atoms with Crippen molar-refractivity contribution in [2.75, 3.05) is 0 Å². The molecule has 0 aromatic heterocycles. The third-order valence-corrected chi connectivity index (χ3v) is 0. The summed E-state index contributed by atoms with van der Waals surface area (Å²) in [7, 11) is -3.12. The summed E-state index contributed by atoms with van der Waals surface area (Å²) in [6.45, 7) is 0. The first-order chi connectivity index (χ1) is 1.73. The van der Waals surface area contributed by atoms with Gasteiger partial charge in [0.2, 0.25) is 0 Å². The largest absolute Gasteiger partial charge is 0.288 e. The van der Waals surface area contributed by atoms with Gasteiger partial charge in [-0.15, -0.1) is 0 Å². The van der Waals surface area contributed by atoms with Crippen LogP contribution in [0.25, 0.3) is 0 Å². The van der Waals surface area contributed by atoms with Gasteiger partial charge in [0.25, 0.3) is 11.0 Å². The minimum absolute atomic E-state index is 0. The molecule has 0 unspecified atom stereocenters. The molecule has 0 heterocycles. The fraction of sp³-hybridized carbons (Fsp3) is 0. The van der Waals surface area contributed by atoms with Crippen LogP contribution in [0.2, 0.25) is 0 Å². The molecule has 0 atom stereocenters. The molecule has 0 bridgehead atoms. The van der Waals surface area contributed by atoms with Gasteiger partial charge in [-0.25, -0.2) is 8.42 Å². The van der Waals surface area contributed by atoms with Crippen LogP contribution in [0, 0.1) is 0 Å². The summed E-state index contributed by atoms with van der Waals surface area (Å²) in [5.74, 6) is 0. The van der Waals surface area contributed by atoms with Crippen molar-refractivity contribution in [3.63, 3.8) is 0 Å². The van der Waals surface area contributed by atoms with E-state index in [0.717, 1.165) is 0 Å². The van der Waals surface area contributed by atoms with Crippen molar-refractivity contribution in [3.8, 4) is 0 Å². The van der Waals surface area contributed by atoms with Gasteiger partial charge in [0.1, 0.15) is 0 Å². The van der Waals surface area contributed by atoms with Gasteiger partial charge in [-0.05, 0) is 0 Å². The van der Waals surface area contributed by atoms with Gasteiger partial charge in [-0.1, -0.05) is 0 Å². The van der Waals surface area contributed by atoms with Crippen LogP contribution >= 0.6 is 0 Å². The summed E-state index contributed by atoms with van der Waals surface area (Å²) < 4.78 is 24.2. The van der Waals surface area contributed by atoms with E-state index < -0.39 is 11.0 Å². The van der Waals surface area contributed by atoms with Crippen molar-refractivity contribution in [2.24, 2.45) is 0 Å². The molecule has 0 saturated carbocycles. The van der Waals surface area contributed by atoms with Gasteiger partial charge in [0.15, 0.2) is 0 Å². The molecule has 1 radical (unpaired) electrons. The Balaban J connectivity index is 0. The molecule has 0 aliphatic rings. The summed E-state index contributed by atoms with van der Waals surface area (Å²) in [6, 6.07) is 0. The summed E-state index contributed by atoms with van der Waals surface area (Å²) in [5.41, 5.74) is 0. The monoisotopic (exact) mass is 145 g/mol. The van der Waals surface area contributed by atoms with E-state index in [-0.39, 0.29) is 17.1 Å². The van der Waals surface area contributed by atoms with E-state index in [4.69, 9.17) is 13.0 Å². The molecule has 3 nitrogen and oxygen atoms in total. The summed E-state index contributed by atoms with van der Waals surface area (Å²) in [6.07, 6.45) is 0. The molecule has 0 spiro atoms. The van der Waals surface area contributed by atoms with Crippen molar-refractivity contribution in [3.05, 3.63) is 0 Å². The Morgan fingerprint density at radius 2 is 1.40 bits per heavy atom. The zero-order valence-corrected chi connectivity index (χ0v) is 3.85. The summed E-state index contributed by atoms with van der Waals surface area (Å²) in [5, 5.41) is 0. The van der Waals surface area contributed by atoms with Gasteiger partial charge in [-0.3, -0.25) is 4.55 Å². The Hall–Kier alpha value is 0.429. The maximum atomic E-state index is 8.59. The van der Waals surface area contributed by atoms with Gasteiger partial charge in [0.05, 0.1) is 0 Å². The second-order valence-electron chi connectivity index (χ2n) is 0.238. The SMILES string of the molecule is O=[SH](=O)O.[Cu]. The third-order valence-electron chi connectivity index (χ3n) is 0. The van der Waals surface area contributed by atoms with Crippen LogP contribution < -0.4 is 0 Å². The van der Waals surface area contributed by atoms with Gasteiger partial charge < -0.3 is 0 Å². The van der Waals surface area contributed by atoms with Crippen LogP contribution in [0.5, 0.6) is 0 Å². The average molecular weight is 146 g/mol. The molecular weight excluding hydrogens is 144 g/mol. The van der Waals surface area contributed by atoms with Crippen LogP contribution in [-0.4, -0.2) is 13.0 Å². The molecule has 0 amide bonds. The third kappa shape index (κ3) is 142. The Bertz CT molecular complexity index is 55.3. The summed E-state index contributed by atoms with van der Waals surface area (Å²) >= 11 is 0. The van der Waals surface area contributed by atoms with E-state index in [1.165, 1.54) is 0 Å². The van der Waals surface area contributed by atoms with Crippen LogP contribution in [0.1, 0.15) is 0 Å². The maximum Gasteiger partial charge on any atom is 0.254 e. The summed E-state index contributed by atoms with van der Waals surface area (Å²) in [4.78, 5) is 0. The number of hydrogen-bond acceptors (Lipinski definition) is 2. The minimum Gasteiger partial charge on any atom is -0.288 e. The molecule has 5 heavy (non-hydrogen) atoms. The minimum atomic E-state index is -3.12. The zero-order chi connectivity index (χ0) is 3.58. The van der Waals surface area contributed by atoms with E-state index in [0.29, 0.717) is 0 Å². The second kappa shape index (κ2) is 4.43. The number of rotatable bonds is 0. The molecule has 5 heteroatoms. The van der Waals surface area contributed by atoms with Gasteiger partial charge in [0, 0.05) is 17.1 Å². The Morgan fingerprint density at radius 1 is 1.40 bits per heavy atom. The molecule has 37 valence electrons. The van der Waals surface area contributed by atoms with Crippen LogP contribution in [0.4, 0.5) is 0 Å². The van der Waals surface area contributed by atoms with E-state index in [2.05, 4.69) is 0 Å². The molecule has 0 fully saturated rings. The van der Waals surface area contributed by atoms with Crippen molar-refractivity contribution >= 4 is 11.0 Å². The van der Waals surface area contributed by atoms with Crippen molar-refractivity contribution < 1.29 is 30.0 Å². The molecule has 1 N–H and O–H groups in total. The standard InChI is InChI=1S/Cu.H2O3S/c;1-4(2)3/h;4H,(H,1,2,3). The Morgan fingerprint density at radius 3 is 1.40 bits per heavy atom. The number of thiol groups is 1. The van der Waals surface area contributed by atoms with Gasteiger partial charge >= 0.3 is 0 Å². The average Bonchev–Trinajstić information content (AvgIpc) is 0.811. The predicted molar refractivity (Wildman–Crippen MR) is 12.9 cm³/mol. The van der Waals surface area contributed by atoms with Crippen LogP contribution in [0.3, 0.4) is 0 Å². The van der Waals surface area contributed by atoms with E-state index in [9.17, 15) is 0 Å². The fourth-order valence-corrected chi connectivity index (χ4v) is 0. The smallest absolute Gasteiger partial charge is 0.254 e. The Kier molecular flexibility index (Phi) is 8.02. The maximum absolute atomic E-state index is 8.59.